The van der Waals surface area contributed by atoms with Crippen LogP contribution in [0.15, 0.2) is 49.1 Å². The highest BCUT2D eigenvalue weighted by Gasteiger charge is 2.16. The molecule has 164 valence electrons. The Labute approximate surface area is 186 Å². The second kappa shape index (κ2) is 8.92. The molecule has 0 radical (unpaired) electrons. The molecule has 0 saturated carbocycles. The second-order valence-corrected chi connectivity index (χ2v) is 8.10. The first-order chi connectivity index (χ1) is 15.7. The van der Waals surface area contributed by atoms with Crippen LogP contribution in [0.3, 0.4) is 0 Å². The maximum absolute atomic E-state index is 5.67. The molecule has 0 spiro atoms. The number of methoxy groups -OCH3 is 1. The molecule has 5 rings (SSSR count). The lowest BCUT2D eigenvalue weighted by molar-refractivity contribution is 0.187. The summed E-state index contributed by atoms with van der Waals surface area (Å²) in [7, 11) is 3.59. The quantitative estimate of drug-likeness (QED) is 0.480. The van der Waals surface area contributed by atoms with E-state index in [0.29, 0.717) is 12.3 Å². The summed E-state index contributed by atoms with van der Waals surface area (Å²) in [6.07, 6.45) is 9.13. The Balaban J connectivity index is 1.40. The van der Waals surface area contributed by atoms with Crippen LogP contribution in [-0.4, -0.2) is 51.6 Å². The van der Waals surface area contributed by atoms with Gasteiger partial charge in [-0.2, -0.15) is 5.10 Å². The normalized spacial score (nSPS) is 15.9. The largest absolute Gasteiger partial charge is 0.496 e. The predicted octanol–water partition coefficient (Wildman–Crippen LogP) is 3.47. The maximum atomic E-state index is 5.67. The van der Waals surface area contributed by atoms with Crippen molar-refractivity contribution in [3.8, 4) is 16.9 Å². The first kappa shape index (κ1) is 20.4. The minimum absolute atomic E-state index is 0.510. The van der Waals surface area contributed by atoms with E-state index in [2.05, 4.69) is 32.5 Å². The number of pyridine rings is 1. The lowest BCUT2D eigenvalue weighted by atomic mass is 10.0. The number of anilines is 1. The lowest BCUT2D eigenvalue weighted by Gasteiger charge is -2.13. The van der Waals surface area contributed by atoms with E-state index >= 15 is 0 Å². The molecule has 1 N–H and O–H groups in total. The van der Waals surface area contributed by atoms with Gasteiger partial charge in [-0.1, -0.05) is 12.1 Å². The molecule has 8 nitrogen and oxygen atoms in total. The molecule has 1 saturated heterocycles. The Morgan fingerprint density at radius 3 is 2.91 bits per heavy atom. The maximum Gasteiger partial charge on any atom is 0.152 e. The van der Waals surface area contributed by atoms with Gasteiger partial charge in [0.25, 0.3) is 0 Å². The molecule has 1 atom stereocenters. The van der Waals surface area contributed by atoms with Gasteiger partial charge in [0.1, 0.15) is 17.1 Å². The van der Waals surface area contributed by atoms with Gasteiger partial charge in [-0.05, 0) is 24.1 Å². The molecule has 1 fully saturated rings. The van der Waals surface area contributed by atoms with Crippen molar-refractivity contribution >= 4 is 16.7 Å². The number of fused-ring (bicyclic) bond motifs is 1. The van der Waals surface area contributed by atoms with Gasteiger partial charge in [-0.3, -0.25) is 4.68 Å². The molecule has 3 aromatic heterocycles. The number of rotatable bonds is 7. The van der Waals surface area contributed by atoms with Gasteiger partial charge >= 0.3 is 0 Å². The van der Waals surface area contributed by atoms with Crippen molar-refractivity contribution in [2.24, 2.45) is 13.0 Å². The standard InChI is InChI=1S/C24H26N6O2/c1-30-14-20(13-28-30)17-3-4-18(21(9-17)31-2)10-22-26-12-19-5-7-25-24(23(19)29-22)27-11-16-6-8-32-15-16/h3-5,7,9,12-14,16H,6,8,10-11,15H2,1-2H3,(H,25,27). The number of hydrogen-bond acceptors (Lipinski definition) is 7. The van der Waals surface area contributed by atoms with Crippen molar-refractivity contribution in [2.75, 3.05) is 32.2 Å². The fourth-order valence-electron chi connectivity index (χ4n) is 4.00. The summed E-state index contributed by atoms with van der Waals surface area (Å²) in [5.41, 5.74) is 3.97. The van der Waals surface area contributed by atoms with E-state index in [1.54, 1.807) is 18.0 Å². The molecule has 4 heterocycles. The number of aryl methyl sites for hydroxylation is 1. The van der Waals surface area contributed by atoms with Gasteiger partial charge in [0.2, 0.25) is 0 Å². The van der Waals surface area contributed by atoms with Gasteiger partial charge in [0.15, 0.2) is 5.82 Å². The van der Waals surface area contributed by atoms with Gasteiger partial charge in [-0.15, -0.1) is 0 Å². The number of hydrogen-bond donors (Lipinski definition) is 1. The van der Waals surface area contributed by atoms with Crippen molar-refractivity contribution in [1.82, 2.24) is 24.7 Å². The Kier molecular flexibility index (Phi) is 5.68. The van der Waals surface area contributed by atoms with E-state index < -0.39 is 0 Å². The topological polar surface area (TPSA) is 87.0 Å². The first-order valence-corrected chi connectivity index (χ1v) is 10.8. The molecule has 0 aliphatic carbocycles. The van der Waals surface area contributed by atoms with Crippen LogP contribution in [0.5, 0.6) is 5.75 Å². The Morgan fingerprint density at radius 2 is 2.12 bits per heavy atom. The molecule has 32 heavy (non-hydrogen) atoms. The van der Waals surface area contributed by atoms with E-state index in [1.165, 1.54) is 0 Å². The van der Waals surface area contributed by atoms with Crippen LogP contribution in [0.2, 0.25) is 0 Å². The molecule has 4 aromatic rings. The van der Waals surface area contributed by atoms with Crippen molar-refractivity contribution in [1.29, 1.82) is 0 Å². The number of nitrogens with zero attached hydrogens (tertiary/aromatic N) is 5. The van der Waals surface area contributed by atoms with Crippen LogP contribution in [0.1, 0.15) is 17.8 Å². The minimum atomic E-state index is 0.510. The van der Waals surface area contributed by atoms with Crippen LogP contribution >= 0.6 is 0 Å². The highest BCUT2D eigenvalue weighted by molar-refractivity contribution is 5.87. The van der Waals surface area contributed by atoms with Gasteiger partial charge in [-0.25, -0.2) is 15.0 Å². The van der Waals surface area contributed by atoms with Crippen molar-refractivity contribution in [3.63, 3.8) is 0 Å². The third kappa shape index (κ3) is 4.27. The van der Waals surface area contributed by atoms with Crippen LogP contribution in [0, 0.1) is 5.92 Å². The molecule has 0 amide bonds. The van der Waals surface area contributed by atoms with E-state index in [0.717, 1.165) is 71.2 Å². The van der Waals surface area contributed by atoms with Crippen molar-refractivity contribution in [3.05, 3.63) is 60.4 Å². The molecule has 1 unspecified atom stereocenters. The first-order valence-electron chi connectivity index (χ1n) is 10.8. The van der Waals surface area contributed by atoms with E-state index in [4.69, 9.17) is 14.5 Å². The Hall–Kier alpha value is -3.52. The van der Waals surface area contributed by atoms with Gasteiger partial charge < -0.3 is 14.8 Å². The van der Waals surface area contributed by atoms with Crippen molar-refractivity contribution in [2.45, 2.75) is 12.8 Å². The van der Waals surface area contributed by atoms with Crippen molar-refractivity contribution < 1.29 is 9.47 Å². The number of aromatic nitrogens is 5. The fraction of sp³-hybridized carbons (Fsp3) is 0.333. The Morgan fingerprint density at radius 1 is 1.19 bits per heavy atom. The summed E-state index contributed by atoms with van der Waals surface area (Å²) in [6, 6.07) is 8.11. The molecule has 1 aliphatic heterocycles. The molecular formula is C24H26N6O2. The summed E-state index contributed by atoms with van der Waals surface area (Å²) in [4.78, 5) is 13.9. The lowest BCUT2D eigenvalue weighted by Crippen LogP contribution is -2.15. The smallest absolute Gasteiger partial charge is 0.152 e. The van der Waals surface area contributed by atoms with Gasteiger partial charge in [0.05, 0.1) is 19.9 Å². The number of ether oxygens (including phenoxy) is 2. The minimum Gasteiger partial charge on any atom is -0.496 e. The van der Waals surface area contributed by atoms with E-state index in [9.17, 15) is 0 Å². The van der Waals surface area contributed by atoms with E-state index in [1.807, 2.05) is 37.8 Å². The molecule has 1 aromatic carbocycles. The average molecular weight is 431 g/mol. The van der Waals surface area contributed by atoms with E-state index in [-0.39, 0.29) is 0 Å². The molecular weight excluding hydrogens is 404 g/mol. The third-order valence-electron chi connectivity index (χ3n) is 5.81. The zero-order chi connectivity index (χ0) is 21.9. The summed E-state index contributed by atoms with van der Waals surface area (Å²) < 4.78 is 12.9. The fourth-order valence-corrected chi connectivity index (χ4v) is 4.00. The second-order valence-electron chi connectivity index (χ2n) is 8.10. The third-order valence-corrected chi connectivity index (χ3v) is 5.81. The molecule has 8 heteroatoms. The predicted molar refractivity (Wildman–Crippen MR) is 123 cm³/mol. The van der Waals surface area contributed by atoms with Crippen LogP contribution in [-0.2, 0) is 18.2 Å². The Bertz CT molecular complexity index is 1230. The number of benzene rings is 1. The average Bonchev–Trinajstić information content (AvgIpc) is 3.50. The van der Waals surface area contributed by atoms with Crippen LogP contribution in [0.4, 0.5) is 5.82 Å². The zero-order valence-corrected chi connectivity index (χ0v) is 18.3. The zero-order valence-electron chi connectivity index (χ0n) is 18.3. The SMILES string of the molecule is COc1cc(-c2cnn(C)c2)ccc1Cc1ncc2ccnc(NCC3CCOC3)c2n1. The summed E-state index contributed by atoms with van der Waals surface area (Å²) in [6.45, 7) is 2.46. The molecule has 1 aliphatic rings. The monoisotopic (exact) mass is 430 g/mol. The molecule has 0 bridgehead atoms. The highest BCUT2D eigenvalue weighted by Crippen LogP contribution is 2.29. The van der Waals surface area contributed by atoms with Crippen LogP contribution in [0.25, 0.3) is 22.0 Å². The summed E-state index contributed by atoms with van der Waals surface area (Å²) in [5.74, 6) is 2.83. The van der Waals surface area contributed by atoms with Gasteiger partial charge in [0, 0.05) is 67.6 Å². The summed E-state index contributed by atoms with van der Waals surface area (Å²) >= 11 is 0. The highest BCUT2D eigenvalue weighted by atomic mass is 16.5. The summed E-state index contributed by atoms with van der Waals surface area (Å²) in [5, 5.41) is 8.68. The number of nitrogens with one attached hydrogen (secondary N) is 1. The van der Waals surface area contributed by atoms with Crippen LogP contribution < -0.4 is 10.1 Å².